The van der Waals surface area contributed by atoms with Crippen LogP contribution in [0.15, 0.2) is 48.5 Å². The Morgan fingerprint density at radius 3 is 2.16 bits per heavy atom. The molecule has 2 aliphatic rings. The molecule has 0 spiro atoms. The van der Waals surface area contributed by atoms with E-state index in [9.17, 15) is 9.59 Å². The van der Waals surface area contributed by atoms with Crippen molar-refractivity contribution in [3.63, 3.8) is 0 Å². The van der Waals surface area contributed by atoms with E-state index in [1.807, 2.05) is 48.5 Å². The van der Waals surface area contributed by atoms with Crippen molar-refractivity contribution in [2.75, 3.05) is 13.2 Å². The lowest BCUT2D eigenvalue weighted by Crippen LogP contribution is -2.72. The fraction of sp³-hybridized carbons (Fsp3) is 0.263. The molecule has 2 aromatic carbocycles. The van der Waals surface area contributed by atoms with E-state index < -0.39 is 23.6 Å². The van der Waals surface area contributed by atoms with Gasteiger partial charge >= 0.3 is 11.9 Å². The fourth-order valence-electron chi connectivity index (χ4n) is 3.48. The fourth-order valence-corrected chi connectivity index (χ4v) is 3.48. The lowest BCUT2D eigenvalue weighted by molar-refractivity contribution is -0.200. The van der Waals surface area contributed by atoms with E-state index in [-0.39, 0.29) is 19.1 Å². The molecule has 2 aromatic rings. The third-order valence-electron chi connectivity index (χ3n) is 4.92. The van der Waals surface area contributed by atoms with Crippen LogP contribution in [-0.2, 0) is 19.1 Å². The summed E-state index contributed by atoms with van der Waals surface area (Å²) in [7, 11) is 0. The van der Waals surface area contributed by atoms with Crippen molar-refractivity contribution >= 4 is 11.9 Å². The van der Waals surface area contributed by atoms with Gasteiger partial charge in [-0.2, -0.15) is 0 Å². The van der Waals surface area contributed by atoms with Crippen LogP contribution in [0.2, 0.25) is 0 Å². The van der Waals surface area contributed by atoms with Gasteiger partial charge in [0.05, 0.1) is 6.61 Å². The van der Waals surface area contributed by atoms with Gasteiger partial charge in [0.1, 0.15) is 6.61 Å². The first kappa shape index (κ1) is 15.8. The number of ether oxygens (including phenoxy) is 2. The minimum absolute atomic E-state index is 0.0894. The largest absolute Gasteiger partial charge is 0.480 e. The average Bonchev–Trinajstić information content (AvgIpc) is 2.92. The zero-order valence-electron chi connectivity index (χ0n) is 13.3. The highest BCUT2D eigenvalue weighted by Gasteiger charge is 2.57. The van der Waals surface area contributed by atoms with Crippen LogP contribution < -0.4 is 5.73 Å². The van der Waals surface area contributed by atoms with Crippen molar-refractivity contribution in [3.05, 3.63) is 59.7 Å². The molecule has 1 fully saturated rings. The number of hydrogen-bond donors (Lipinski definition) is 2. The van der Waals surface area contributed by atoms with Gasteiger partial charge in [0, 0.05) is 5.92 Å². The summed E-state index contributed by atoms with van der Waals surface area (Å²) in [6.45, 7) is -0.0837. The SMILES string of the molecule is NC1(C(=O)O)COC1C(=O)OCC1c2ccccc2-c2ccccc21. The molecule has 1 saturated heterocycles. The van der Waals surface area contributed by atoms with Gasteiger partial charge in [-0.15, -0.1) is 0 Å². The second-order valence-corrected chi connectivity index (χ2v) is 6.39. The normalized spacial score (nSPS) is 24.1. The van der Waals surface area contributed by atoms with Gasteiger partial charge in [-0.05, 0) is 22.3 Å². The molecule has 6 heteroatoms. The van der Waals surface area contributed by atoms with Gasteiger partial charge in [-0.1, -0.05) is 48.5 Å². The van der Waals surface area contributed by atoms with Gasteiger partial charge in [0.15, 0.2) is 11.6 Å². The summed E-state index contributed by atoms with van der Waals surface area (Å²) in [5, 5.41) is 9.14. The third kappa shape index (κ3) is 2.33. The summed E-state index contributed by atoms with van der Waals surface area (Å²) in [6, 6.07) is 16.0. The molecule has 1 heterocycles. The predicted molar refractivity (Wildman–Crippen MR) is 89.0 cm³/mol. The van der Waals surface area contributed by atoms with Crippen molar-refractivity contribution in [2.45, 2.75) is 17.6 Å². The number of carboxylic acid groups (broad SMARTS) is 1. The van der Waals surface area contributed by atoms with Gasteiger partial charge in [0.25, 0.3) is 0 Å². The van der Waals surface area contributed by atoms with Crippen molar-refractivity contribution in [1.29, 1.82) is 0 Å². The highest BCUT2D eigenvalue weighted by Crippen LogP contribution is 2.44. The maximum Gasteiger partial charge on any atom is 0.337 e. The van der Waals surface area contributed by atoms with Crippen LogP contribution in [0.4, 0.5) is 0 Å². The van der Waals surface area contributed by atoms with Gasteiger partial charge in [0.2, 0.25) is 0 Å². The molecule has 0 aromatic heterocycles. The molecule has 1 aliphatic carbocycles. The molecule has 2 unspecified atom stereocenters. The van der Waals surface area contributed by atoms with E-state index >= 15 is 0 Å². The first-order valence-electron chi connectivity index (χ1n) is 8.01. The van der Waals surface area contributed by atoms with Crippen LogP contribution in [0.25, 0.3) is 11.1 Å². The Hall–Kier alpha value is -2.70. The Bertz CT molecular complexity index is 819. The van der Waals surface area contributed by atoms with E-state index in [0.29, 0.717) is 0 Å². The topological polar surface area (TPSA) is 98.9 Å². The van der Waals surface area contributed by atoms with E-state index in [0.717, 1.165) is 22.3 Å². The van der Waals surface area contributed by atoms with Crippen molar-refractivity contribution < 1.29 is 24.2 Å². The molecule has 6 nitrogen and oxygen atoms in total. The summed E-state index contributed by atoms with van der Waals surface area (Å²) in [5.41, 5.74) is 8.42. The first-order valence-corrected chi connectivity index (χ1v) is 8.01. The number of hydrogen-bond acceptors (Lipinski definition) is 5. The molecule has 1 aliphatic heterocycles. The van der Waals surface area contributed by atoms with E-state index in [1.54, 1.807) is 0 Å². The predicted octanol–water partition coefficient (Wildman–Crippen LogP) is 1.52. The monoisotopic (exact) mass is 339 g/mol. The lowest BCUT2D eigenvalue weighted by Gasteiger charge is -2.40. The maximum atomic E-state index is 12.2. The van der Waals surface area contributed by atoms with Crippen molar-refractivity contribution in [2.24, 2.45) is 5.73 Å². The summed E-state index contributed by atoms with van der Waals surface area (Å²) in [6.07, 6.45) is -1.27. The Morgan fingerprint density at radius 1 is 1.12 bits per heavy atom. The Morgan fingerprint density at radius 2 is 1.68 bits per heavy atom. The Labute approximate surface area is 144 Å². The van der Waals surface area contributed by atoms with E-state index in [4.69, 9.17) is 20.3 Å². The maximum absolute atomic E-state index is 12.2. The highest BCUT2D eigenvalue weighted by atomic mass is 16.6. The van der Waals surface area contributed by atoms with Gasteiger partial charge in [-0.25, -0.2) is 4.79 Å². The van der Waals surface area contributed by atoms with E-state index in [2.05, 4.69) is 0 Å². The number of nitrogens with two attached hydrogens (primary N) is 1. The molecule has 0 saturated carbocycles. The van der Waals surface area contributed by atoms with Crippen LogP contribution in [0, 0.1) is 0 Å². The summed E-state index contributed by atoms with van der Waals surface area (Å²) in [4.78, 5) is 23.4. The number of benzene rings is 2. The third-order valence-corrected chi connectivity index (χ3v) is 4.92. The Balaban J connectivity index is 1.54. The number of esters is 1. The minimum Gasteiger partial charge on any atom is -0.480 e. The molecular formula is C19H17NO5. The lowest BCUT2D eigenvalue weighted by atomic mass is 9.89. The smallest absolute Gasteiger partial charge is 0.337 e. The second kappa shape index (κ2) is 5.68. The summed E-state index contributed by atoms with van der Waals surface area (Å²) in [5.74, 6) is -2.09. The zero-order valence-corrected chi connectivity index (χ0v) is 13.3. The number of carbonyl (C=O) groups excluding carboxylic acids is 1. The average molecular weight is 339 g/mol. The molecule has 128 valence electrons. The minimum atomic E-state index is -1.71. The number of rotatable bonds is 4. The quantitative estimate of drug-likeness (QED) is 0.820. The van der Waals surface area contributed by atoms with Crippen molar-refractivity contribution in [1.82, 2.24) is 0 Å². The standard InChI is InChI=1S/C19H17NO5/c20-19(18(22)23)10-25-16(19)17(21)24-9-15-13-7-3-1-5-11(13)12-6-2-4-8-14(12)15/h1-8,15-16H,9-10,20H2,(H,22,23). The molecule has 0 radical (unpaired) electrons. The summed E-state index contributed by atoms with van der Waals surface area (Å²) >= 11 is 0. The molecule has 3 N–H and O–H groups in total. The molecule has 4 rings (SSSR count). The molecule has 25 heavy (non-hydrogen) atoms. The van der Waals surface area contributed by atoms with Crippen molar-refractivity contribution in [3.8, 4) is 11.1 Å². The van der Waals surface area contributed by atoms with Gasteiger partial charge < -0.3 is 20.3 Å². The first-order chi connectivity index (χ1) is 12.0. The zero-order chi connectivity index (χ0) is 17.6. The highest BCUT2D eigenvalue weighted by molar-refractivity contribution is 5.91. The van der Waals surface area contributed by atoms with Crippen LogP contribution in [0.1, 0.15) is 17.0 Å². The molecule has 2 atom stereocenters. The van der Waals surface area contributed by atoms with Crippen LogP contribution in [-0.4, -0.2) is 41.9 Å². The number of carboxylic acids is 1. The van der Waals surface area contributed by atoms with Crippen LogP contribution in [0.5, 0.6) is 0 Å². The van der Waals surface area contributed by atoms with Gasteiger partial charge in [-0.3, -0.25) is 4.79 Å². The van der Waals surface area contributed by atoms with Crippen LogP contribution in [0.3, 0.4) is 0 Å². The number of fused-ring (bicyclic) bond motifs is 3. The Kier molecular flexibility index (Phi) is 3.59. The second-order valence-electron chi connectivity index (χ2n) is 6.39. The molecule has 0 amide bonds. The van der Waals surface area contributed by atoms with E-state index in [1.165, 1.54) is 0 Å². The number of carbonyl (C=O) groups is 2. The summed E-state index contributed by atoms with van der Waals surface area (Å²) < 4.78 is 10.4. The molecular weight excluding hydrogens is 322 g/mol. The van der Waals surface area contributed by atoms with Crippen LogP contribution >= 0.6 is 0 Å². The number of aliphatic carboxylic acids is 1. The molecule has 0 bridgehead atoms.